The minimum atomic E-state index is -4.87. The molecule has 0 atom stereocenters. The van der Waals surface area contributed by atoms with Gasteiger partial charge in [0.2, 0.25) is 0 Å². The van der Waals surface area contributed by atoms with Crippen LogP contribution in [0.1, 0.15) is 32.9 Å². The van der Waals surface area contributed by atoms with E-state index in [9.17, 15) is 22.4 Å². The van der Waals surface area contributed by atoms with Crippen LogP contribution in [0.5, 0.6) is 0 Å². The number of aryl methyl sites for hydroxylation is 1. The highest BCUT2D eigenvalue weighted by Gasteiger charge is 2.34. The summed E-state index contributed by atoms with van der Waals surface area (Å²) in [7, 11) is 0. The number of aromatic nitrogens is 2. The summed E-state index contributed by atoms with van der Waals surface area (Å²) < 4.78 is 53.6. The van der Waals surface area contributed by atoms with Crippen LogP contribution >= 0.6 is 0 Å². The maximum atomic E-state index is 13.4. The second kappa shape index (κ2) is 7.46. The second-order valence-electron chi connectivity index (χ2n) is 6.27. The number of nitrogens with zero attached hydrogens (tertiary/aromatic N) is 2. The number of para-hydroxylation sites is 1. The third-order valence-corrected chi connectivity index (χ3v) is 4.40. The van der Waals surface area contributed by atoms with Gasteiger partial charge in [-0.2, -0.15) is 18.3 Å². The van der Waals surface area contributed by atoms with E-state index >= 15 is 0 Å². The van der Waals surface area contributed by atoms with E-state index in [0.717, 1.165) is 23.0 Å². The molecule has 3 rings (SSSR count). The molecule has 1 heterocycles. The minimum absolute atomic E-state index is 0.0854. The van der Waals surface area contributed by atoms with Crippen molar-refractivity contribution in [3.8, 4) is 5.69 Å². The molecule has 0 aliphatic carbocycles. The van der Waals surface area contributed by atoms with Gasteiger partial charge < -0.3 is 5.32 Å². The SMILES string of the molecule is Cc1nn(-c2ccccc2)c(C)c1CNC(=O)c1ccc(F)c(C(F)(F)F)c1. The average molecular weight is 391 g/mol. The molecule has 2 aromatic carbocycles. The topological polar surface area (TPSA) is 46.9 Å². The molecule has 28 heavy (non-hydrogen) atoms. The number of alkyl halides is 3. The van der Waals surface area contributed by atoms with Crippen molar-refractivity contribution in [2.45, 2.75) is 26.6 Å². The number of benzene rings is 2. The fraction of sp³-hybridized carbons (Fsp3) is 0.200. The molecule has 0 aliphatic rings. The predicted octanol–water partition coefficient (Wildman–Crippen LogP) is 4.58. The van der Waals surface area contributed by atoms with Crippen molar-refractivity contribution in [3.63, 3.8) is 0 Å². The molecule has 1 amide bonds. The van der Waals surface area contributed by atoms with Crippen LogP contribution in [0.25, 0.3) is 5.69 Å². The number of hydrogen-bond donors (Lipinski definition) is 1. The average Bonchev–Trinajstić information content (AvgIpc) is 2.94. The van der Waals surface area contributed by atoms with Gasteiger partial charge in [-0.15, -0.1) is 0 Å². The number of halogens is 4. The summed E-state index contributed by atoms with van der Waals surface area (Å²) in [6.45, 7) is 3.71. The predicted molar refractivity (Wildman–Crippen MR) is 95.6 cm³/mol. The number of rotatable bonds is 4. The number of nitrogens with one attached hydrogen (secondary N) is 1. The highest BCUT2D eigenvalue weighted by Crippen LogP contribution is 2.31. The molecule has 8 heteroatoms. The van der Waals surface area contributed by atoms with Crippen LogP contribution in [-0.4, -0.2) is 15.7 Å². The third kappa shape index (κ3) is 3.90. The Morgan fingerprint density at radius 1 is 1.11 bits per heavy atom. The van der Waals surface area contributed by atoms with Gasteiger partial charge in [-0.25, -0.2) is 9.07 Å². The molecule has 4 nitrogen and oxygen atoms in total. The molecule has 146 valence electrons. The third-order valence-electron chi connectivity index (χ3n) is 4.40. The van der Waals surface area contributed by atoms with Crippen molar-refractivity contribution < 1.29 is 22.4 Å². The monoisotopic (exact) mass is 391 g/mol. The normalized spacial score (nSPS) is 11.5. The number of carbonyl (C=O) groups is 1. The number of carbonyl (C=O) groups excluding carboxylic acids is 1. The molecule has 1 N–H and O–H groups in total. The fourth-order valence-electron chi connectivity index (χ4n) is 2.91. The van der Waals surface area contributed by atoms with Gasteiger partial charge in [0.05, 0.1) is 16.9 Å². The molecule has 0 unspecified atom stereocenters. The van der Waals surface area contributed by atoms with Crippen molar-refractivity contribution in [2.75, 3.05) is 0 Å². The van der Waals surface area contributed by atoms with Gasteiger partial charge in [0.25, 0.3) is 5.91 Å². The lowest BCUT2D eigenvalue weighted by molar-refractivity contribution is -0.140. The molecule has 0 spiro atoms. The van der Waals surface area contributed by atoms with Crippen molar-refractivity contribution in [1.29, 1.82) is 0 Å². The summed E-state index contributed by atoms with van der Waals surface area (Å²) in [6, 6.07) is 11.6. The summed E-state index contributed by atoms with van der Waals surface area (Å²) in [5.74, 6) is -2.14. The van der Waals surface area contributed by atoms with Crippen molar-refractivity contribution in [1.82, 2.24) is 15.1 Å². The maximum Gasteiger partial charge on any atom is 0.419 e. The Bertz CT molecular complexity index is 1010. The summed E-state index contributed by atoms with van der Waals surface area (Å²) in [6.07, 6.45) is -4.87. The van der Waals surface area contributed by atoms with Gasteiger partial charge in [-0.05, 0) is 44.2 Å². The van der Waals surface area contributed by atoms with E-state index in [1.807, 2.05) is 37.3 Å². The first-order valence-corrected chi connectivity index (χ1v) is 8.44. The Balaban J connectivity index is 1.80. The zero-order valence-electron chi connectivity index (χ0n) is 15.1. The van der Waals surface area contributed by atoms with Gasteiger partial charge in [-0.1, -0.05) is 18.2 Å². The van der Waals surface area contributed by atoms with E-state index in [1.54, 1.807) is 11.6 Å². The van der Waals surface area contributed by atoms with Gasteiger partial charge in [0.1, 0.15) is 5.82 Å². The van der Waals surface area contributed by atoms with Crippen molar-refractivity contribution in [3.05, 3.63) is 82.4 Å². The van der Waals surface area contributed by atoms with Crippen LogP contribution in [0.4, 0.5) is 17.6 Å². The van der Waals surface area contributed by atoms with Crippen molar-refractivity contribution in [2.24, 2.45) is 0 Å². The first-order chi connectivity index (χ1) is 13.2. The van der Waals surface area contributed by atoms with E-state index in [2.05, 4.69) is 10.4 Å². The molecule has 0 bridgehead atoms. The molecular formula is C20H17F4N3O. The zero-order chi connectivity index (χ0) is 20.5. The highest BCUT2D eigenvalue weighted by atomic mass is 19.4. The smallest absolute Gasteiger partial charge is 0.348 e. The Hall–Kier alpha value is -3.16. The number of amides is 1. The number of hydrogen-bond acceptors (Lipinski definition) is 2. The molecule has 0 fully saturated rings. The molecule has 0 saturated carbocycles. The van der Waals surface area contributed by atoms with Crippen LogP contribution in [-0.2, 0) is 12.7 Å². The Kier molecular flexibility index (Phi) is 5.22. The molecule has 0 aliphatic heterocycles. The fourth-order valence-corrected chi connectivity index (χ4v) is 2.91. The molecule has 0 radical (unpaired) electrons. The van der Waals surface area contributed by atoms with Gasteiger partial charge in [-0.3, -0.25) is 4.79 Å². The van der Waals surface area contributed by atoms with Crippen LogP contribution in [0.2, 0.25) is 0 Å². The standard InChI is InChI=1S/C20H17F4N3O/c1-12-16(13(2)27(26-12)15-6-4-3-5-7-15)11-25-19(28)14-8-9-18(21)17(10-14)20(22,23)24/h3-10H,11H2,1-2H3,(H,25,28). The van der Waals surface area contributed by atoms with E-state index in [0.29, 0.717) is 17.8 Å². The van der Waals surface area contributed by atoms with E-state index in [-0.39, 0.29) is 12.1 Å². The van der Waals surface area contributed by atoms with Gasteiger partial charge >= 0.3 is 6.18 Å². The first-order valence-electron chi connectivity index (χ1n) is 8.44. The highest BCUT2D eigenvalue weighted by molar-refractivity contribution is 5.94. The van der Waals surface area contributed by atoms with E-state index in [1.165, 1.54) is 0 Å². The Morgan fingerprint density at radius 2 is 1.79 bits per heavy atom. The summed E-state index contributed by atoms with van der Waals surface area (Å²) in [5.41, 5.74) is 1.38. The summed E-state index contributed by atoms with van der Waals surface area (Å²) in [4.78, 5) is 12.3. The molecule has 3 aromatic rings. The van der Waals surface area contributed by atoms with E-state index < -0.39 is 23.5 Å². The quantitative estimate of drug-likeness (QED) is 0.662. The zero-order valence-corrected chi connectivity index (χ0v) is 15.1. The van der Waals surface area contributed by atoms with Crippen LogP contribution in [0.3, 0.4) is 0 Å². The first kappa shape index (κ1) is 19.6. The van der Waals surface area contributed by atoms with Crippen LogP contribution < -0.4 is 5.32 Å². The molecule has 0 saturated heterocycles. The van der Waals surface area contributed by atoms with Crippen LogP contribution in [0, 0.1) is 19.7 Å². The Morgan fingerprint density at radius 3 is 2.43 bits per heavy atom. The lowest BCUT2D eigenvalue weighted by atomic mass is 10.1. The van der Waals surface area contributed by atoms with Gasteiger partial charge in [0.15, 0.2) is 0 Å². The summed E-state index contributed by atoms with van der Waals surface area (Å²) in [5, 5.41) is 7.03. The Labute approximate surface area is 158 Å². The molecule has 1 aromatic heterocycles. The summed E-state index contributed by atoms with van der Waals surface area (Å²) >= 11 is 0. The van der Waals surface area contributed by atoms with E-state index in [4.69, 9.17) is 0 Å². The maximum absolute atomic E-state index is 13.4. The lowest BCUT2D eigenvalue weighted by Crippen LogP contribution is -2.24. The van der Waals surface area contributed by atoms with Crippen molar-refractivity contribution >= 4 is 5.91 Å². The largest absolute Gasteiger partial charge is 0.419 e. The minimum Gasteiger partial charge on any atom is -0.348 e. The molecular weight excluding hydrogens is 374 g/mol. The lowest BCUT2D eigenvalue weighted by Gasteiger charge is -2.11. The second-order valence-corrected chi connectivity index (χ2v) is 6.27. The van der Waals surface area contributed by atoms with Gasteiger partial charge in [0, 0.05) is 23.4 Å². The van der Waals surface area contributed by atoms with Crippen LogP contribution in [0.15, 0.2) is 48.5 Å².